The summed E-state index contributed by atoms with van der Waals surface area (Å²) in [5, 5.41) is 11.0. The standard InChI is InChI=1S/C16H23F6O3/c1-2-3-4-5-6-7-8-9-10-11-12-25-13(23)14(24,15(17,18)19)16(20,21)22/h2H,1,3-12H2/q-1. The van der Waals surface area contributed by atoms with Gasteiger partial charge in [0.15, 0.2) is 5.60 Å². The van der Waals surface area contributed by atoms with Crippen LogP contribution in [0.1, 0.15) is 57.8 Å². The third-order valence-corrected chi connectivity index (χ3v) is 3.62. The first-order valence-corrected chi connectivity index (χ1v) is 8.10. The van der Waals surface area contributed by atoms with Gasteiger partial charge in [-0.25, -0.2) is 0 Å². The molecule has 0 spiro atoms. The fraction of sp³-hybridized carbons (Fsp3) is 0.812. The molecule has 0 bridgehead atoms. The van der Waals surface area contributed by atoms with Crippen LogP contribution in [0.5, 0.6) is 0 Å². The summed E-state index contributed by atoms with van der Waals surface area (Å²) in [6, 6.07) is 0. The highest BCUT2D eigenvalue weighted by Crippen LogP contribution is 2.41. The van der Waals surface area contributed by atoms with Crippen LogP contribution >= 0.6 is 0 Å². The van der Waals surface area contributed by atoms with Crippen molar-refractivity contribution < 1.29 is 41.0 Å². The highest BCUT2D eigenvalue weighted by atomic mass is 19.4. The van der Waals surface area contributed by atoms with Crippen molar-refractivity contribution in [2.45, 2.75) is 75.7 Å². The molecular formula is C16H23F6O3-. The van der Waals surface area contributed by atoms with Crippen molar-refractivity contribution in [1.82, 2.24) is 0 Å². The first-order chi connectivity index (χ1) is 11.5. The van der Waals surface area contributed by atoms with E-state index >= 15 is 0 Å². The first-order valence-electron chi connectivity index (χ1n) is 8.10. The summed E-state index contributed by atoms with van der Waals surface area (Å²) in [7, 11) is 0. The Morgan fingerprint density at radius 2 is 1.24 bits per heavy atom. The Kier molecular flexibility index (Phi) is 10.1. The lowest BCUT2D eigenvalue weighted by molar-refractivity contribution is -0.574. The molecule has 0 saturated carbocycles. The maximum atomic E-state index is 12.3. The smallest absolute Gasteiger partial charge is 0.399 e. The van der Waals surface area contributed by atoms with E-state index in [-0.39, 0.29) is 6.42 Å². The fourth-order valence-corrected chi connectivity index (χ4v) is 2.11. The van der Waals surface area contributed by atoms with E-state index in [2.05, 4.69) is 11.3 Å². The molecule has 0 aliphatic rings. The second-order valence-corrected chi connectivity index (χ2v) is 5.72. The summed E-state index contributed by atoms with van der Waals surface area (Å²) in [5.41, 5.74) is -5.74. The molecule has 0 aromatic rings. The second-order valence-electron chi connectivity index (χ2n) is 5.72. The largest absolute Gasteiger partial charge is 0.828 e. The van der Waals surface area contributed by atoms with Gasteiger partial charge in [0.05, 0.1) is 6.61 Å². The molecule has 0 aliphatic heterocycles. The number of carbonyl (C=O) groups is 1. The normalized spacial score (nSPS) is 12.9. The predicted molar refractivity (Wildman–Crippen MR) is 77.6 cm³/mol. The Morgan fingerprint density at radius 1 is 0.840 bits per heavy atom. The van der Waals surface area contributed by atoms with Crippen molar-refractivity contribution in [3.63, 3.8) is 0 Å². The van der Waals surface area contributed by atoms with Crippen LogP contribution in [-0.2, 0) is 9.53 Å². The Labute approximate surface area is 143 Å². The maximum Gasteiger partial charge on any atom is 0.399 e. The van der Waals surface area contributed by atoms with Gasteiger partial charge < -0.3 is 9.84 Å². The van der Waals surface area contributed by atoms with Gasteiger partial charge in [0.25, 0.3) is 0 Å². The number of hydrogen-bond acceptors (Lipinski definition) is 3. The van der Waals surface area contributed by atoms with Gasteiger partial charge in [-0.2, -0.15) is 26.3 Å². The summed E-state index contributed by atoms with van der Waals surface area (Å²) in [6.45, 7) is 2.97. The number of carbonyl (C=O) groups excluding carboxylic acids is 1. The minimum absolute atomic E-state index is 0.105. The average Bonchev–Trinajstić information content (AvgIpc) is 2.49. The zero-order valence-electron chi connectivity index (χ0n) is 13.8. The highest BCUT2D eigenvalue weighted by Gasteiger charge is 2.68. The van der Waals surface area contributed by atoms with E-state index in [1.807, 2.05) is 6.08 Å². The zero-order chi connectivity index (χ0) is 19.6. The minimum atomic E-state index is -6.31. The SMILES string of the molecule is C=CCCCCCCCCCCOC(=O)C([O-])(C(F)(F)F)C(F)(F)F. The van der Waals surface area contributed by atoms with Gasteiger partial charge in [-0.1, -0.05) is 44.6 Å². The lowest BCUT2D eigenvalue weighted by Gasteiger charge is -2.40. The number of allylic oxidation sites excluding steroid dienone is 1. The fourth-order valence-electron chi connectivity index (χ4n) is 2.11. The molecule has 0 amide bonds. The number of alkyl halides is 6. The van der Waals surface area contributed by atoms with Crippen LogP contribution in [0, 0.1) is 0 Å². The van der Waals surface area contributed by atoms with Crippen LogP contribution in [0.3, 0.4) is 0 Å². The van der Waals surface area contributed by atoms with Gasteiger partial charge in [0, 0.05) is 0 Å². The quantitative estimate of drug-likeness (QED) is 0.219. The number of halogens is 6. The van der Waals surface area contributed by atoms with E-state index in [1.54, 1.807) is 0 Å². The molecule has 0 N–H and O–H groups in total. The number of unbranched alkanes of at least 4 members (excludes halogenated alkanes) is 8. The number of ether oxygens (including phenoxy) is 1. The van der Waals surface area contributed by atoms with Gasteiger partial charge in [-0.15, -0.1) is 6.58 Å². The molecule has 0 rings (SSSR count). The van der Waals surface area contributed by atoms with E-state index in [0.717, 1.165) is 44.9 Å². The zero-order valence-corrected chi connectivity index (χ0v) is 13.8. The summed E-state index contributed by atoms with van der Waals surface area (Å²) in [5.74, 6) is -2.85. The van der Waals surface area contributed by atoms with Gasteiger partial charge in [-0.05, 0) is 19.3 Å². The molecule has 0 aromatic carbocycles. The van der Waals surface area contributed by atoms with Gasteiger partial charge in [-0.3, -0.25) is 4.79 Å². The number of esters is 1. The molecule has 0 atom stereocenters. The third-order valence-electron chi connectivity index (χ3n) is 3.62. The molecule has 0 fully saturated rings. The molecule has 0 unspecified atom stereocenters. The molecule has 0 radical (unpaired) electrons. The van der Waals surface area contributed by atoms with E-state index in [1.165, 1.54) is 0 Å². The third kappa shape index (κ3) is 7.66. The molecule has 0 saturated heterocycles. The number of hydrogen-bond donors (Lipinski definition) is 0. The van der Waals surface area contributed by atoms with Gasteiger partial charge in [0.1, 0.15) is 0 Å². The summed E-state index contributed by atoms with van der Waals surface area (Å²) >= 11 is 0. The topological polar surface area (TPSA) is 49.4 Å². The Balaban J connectivity index is 4.01. The second kappa shape index (κ2) is 10.7. The van der Waals surface area contributed by atoms with Crippen LogP contribution in [0.2, 0.25) is 0 Å². The van der Waals surface area contributed by atoms with Crippen LogP contribution in [0.4, 0.5) is 26.3 Å². The van der Waals surface area contributed by atoms with Crippen molar-refractivity contribution in [2.75, 3.05) is 6.61 Å². The maximum absolute atomic E-state index is 12.3. The van der Waals surface area contributed by atoms with E-state index in [4.69, 9.17) is 0 Å². The average molecular weight is 377 g/mol. The van der Waals surface area contributed by atoms with Crippen molar-refractivity contribution in [3.8, 4) is 0 Å². The van der Waals surface area contributed by atoms with Crippen molar-refractivity contribution in [2.24, 2.45) is 0 Å². The molecule has 148 valence electrons. The van der Waals surface area contributed by atoms with E-state index in [9.17, 15) is 36.2 Å². The molecular weight excluding hydrogens is 354 g/mol. The Morgan fingerprint density at radius 3 is 1.64 bits per heavy atom. The number of rotatable bonds is 12. The van der Waals surface area contributed by atoms with Crippen molar-refractivity contribution in [1.29, 1.82) is 0 Å². The summed E-state index contributed by atoms with van der Waals surface area (Å²) < 4.78 is 78.0. The lowest BCUT2D eigenvalue weighted by Crippen LogP contribution is -2.71. The van der Waals surface area contributed by atoms with Crippen LogP contribution in [-0.4, -0.2) is 30.5 Å². The van der Waals surface area contributed by atoms with Crippen molar-refractivity contribution in [3.05, 3.63) is 12.7 Å². The molecule has 25 heavy (non-hydrogen) atoms. The van der Waals surface area contributed by atoms with Crippen molar-refractivity contribution >= 4 is 5.97 Å². The summed E-state index contributed by atoms with van der Waals surface area (Å²) in [6.07, 6.45) is -3.48. The predicted octanol–water partition coefficient (Wildman–Crippen LogP) is 4.45. The van der Waals surface area contributed by atoms with E-state index < -0.39 is 30.5 Å². The lowest BCUT2D eigenvalue weighted by atomic mass is 10.0. The van der Waals surface area contributed by atoms with Gasteiger partial charge in [0.2, 0.25) is 0 Å². The molecule has 3 nitrogen and oxygen atoms in total. The Bertz CT molecular complexity index is 390. The monoisotopic (exact) mass is 377 g/mol. The first kappa shape index (κ1) is 23.8. The summed E-state index contributed by atoms with van der Waals surface area (Å²) in [4.78, 5) is 11.0. The molecule has 0 heterocycles. The molecule has 0 aromatic heterocycles. The van der Waals surface area contributed by atoms with Crippen LogP contribution in [0.25, 0.3) is 0 Å². The van der Waals surface area contributed by atoms with Crippen LogP contribution in [0.15, 0.2) is 12.7 Å². The molecule has 0 aliphatic carbocycles. The van der Waals surface area contributed by atoms with Gasteiger partial charge >= 0.3 is 18.3 Å². The van der Waals surface area contributed by atoms with E-state index in [0.29, 0.717) is 6.42 Å². The molecule has 9 heteroatoms. The minimum Gasteiger partial charge on any atom is -0.828 e. The van der Waals surface area contributed by atoms with Crippen LogP contribution < -0.4 is 5.11 Å². The Hall–Kier alpha value is -1.25. The highest BCUT2D eigenvalue weighted by molar-refractivity contribution is 5.81.